The molecular formula is C11H10BrFN2S. The Bertz CT molecular complexity index is 498. The van der Waals surface area contributed by atoms with Crippen LogP contribution in [0.1, 0.15) is 4.88 Å². The second-order valence-electron chi connectivity index (χ2n) is 3.29. The minimum Gasteiger partial charge on any atom is -0.315 e. The number of nitrogens with zero attached hydrogens (tertiary/aromatic N) is 1. The van der Waals surface area contributed by atoms with Crippen molar-refractivity contribution in [1.82, 2.24) is 10.3 Å². The Labute approximate surface area is 106 Å². The first-order valence-electron chi connectivity index (χ1n) is 4.75. The molecule has 1 heterocycles. The largest absolute Gasteiger partial charge is 0.315 e. The highest BCUT2D eigenvalue weighted by Crippen LogP contribution is 2.29. The van der Waals surface area contributed by atoms with Gasteiger partial charge < -0.3 is 5.32 Å². The summed E-state index contributed by atoms with van der Waals surface area (Å²) in [6, 6.07) is 4.87. The van der Waals surface area contributed by atoms with Crippen molar-refractivity contribution >= 4 is 27.3 Å². The van der Waals surface area contributed by atoms with E-state index < -0.39 is 0 Å². The van der Waals surface area contributed by atoms with Crippen LogP contribution in [0.15, 0.2) is 28.9 Å². The fourth-order valence-electron chi connectivity index (χ4n) is 1.35. The van der Waals surface area contributed by atoms with Crippen LogP contribution in [0.25, 0.3) is 10.6 Å². The molecule has 0 aliphatic carbocycles. The standard InChI is InChI=1S/C11H10BrFN2S/c1-14-5-8-6-15-11(16-8)9-4-7(12)2-3-10(9)13/h2-4,6,14H,5H2,1H3. The monoisotopic (exact) mass is 300 g/mol. The Morgan fingerprint density at radius 1 is 1.50 bits per heavy atom. The molecule has 1 aromatic heterocycles. The van der Waals surface area contributed by atoms with Gasteiger partial charge in [-0.1, -0.05) is 15.9 Å². The van der Waals surface area contributed by atoms with Gasteiger partial charge in [0, 0.05) is 27.7 Å². The molecule has 1 aromatic carbocycles. The topological polar surface area (TPSA) is 24.9 Å². The van der Waals surface area contributed by atoms with Crippen molar-refractivity contribution < 1.29 is 4.39 Å². The molecule has 0 aliphatic heterocycles. The molecule has 5 heteroatoms. The zero-order valence-electron chi connectivity index (χ0n) is 8.63. The van der Waals surface area contributed by atoms with E-state index in [4.69, 9.17) is 0 Å². The van der Waals surface area contributed by atoms with Crippen LogP contribution in [0.2, 0.25) is 0 Å². The highest BCUT2D eigenvalue weighted by molar-refractivity contribution is 9.10. The predicted molar refractivity (Wildman–Crippen MR) is 68.0 cm³/mol. The van der Waals surface area contributed by atoms with E-state index in [1.165, 1.54) is 17.4 Å². The van der Waals surface area contributed by atoms with E-state index in [1.807, 2.05) is 7.05 Å². The average molecular weight is 301 g/mol. The highest BCUT2D eigenvalue weighted by Gasteiger charge is 2.09. The molecule has 1 N–H and O–H groups in total. The van der Waals surface area contributed by atoms with E-state index in [2.05, 4.69) is 26.2 Å². The van der Waals surface area contributed by atoms with Crippen molar-refractivity contribution in [3.63, 3.8) is 0 Å². The van der Waals surface area contributed by atoms with Gasteiger partial charge in [0.15, 0.2) is 0 Å². The lowest BCUT2D eigenvalue weighted by molar-refractivity contribution is 0.631. The molecule has 16 heavy (non-hydrogen) atoms. The van der Waals surface area contributed by atoms with Gasteiger partial charge in [-0.25, -0.2) is 9.37 Å². The second kappa shape index (κ2) is 5.03. The van der Waals surface area contributed by atoms with Gasteiger partial charge in [-0.3, -0.25) is 0 Å². The predicted octanol–water partition coefficient (Wildman–Crippen LogP) is 3.43. The lowest BCUT2D eigenvalue weighted by Gasteiger charge is -1.99. The lowest BCUT2D eigenvalue weighted by Crippen LogP contribution is -2.02. The van der Waals surface area contributed by atoms with Crippen LogP contribution in [0.5, 0.6) is 0 Å². The van der Waals surface area contributed by atoms with Crippen molar-refractivity contribution in [3.8, 4) is 10.6 Å². The van der Waals surface area contributed by atoms with Crippen LogP contribution in [0, 0.1) is 5.82 Å². The van der Waals surface area contributed by atoms with Crippen LogP contribution < -0.4 is 5.32 Å². The summed E-state index contributed by atoms with van der Waals surface area (Å²) >= 11 is 4.83. The summed E-state index contributed by atoms with van der Waals surface area (Å²) in [6.07, 6.45) is 1.77. The average Bonchev–Trinajstić information content (AvgIpc) is 2.71. The van der Waals surface area contributed by atoms with E-state index in [0.717, 1.165) is 15.9 Å². The van der Waals surface area contributed by atoms with E-state index >= 15 is 0 Å². The maximum Gasteiger partial charge on any atom is 0.133 e. The Morgan fingerprint density at radius 3 is 3.06 bits per heavy atom. The summed E-state index contributed by atoms with van der Waals surface area (Å²) in [5, 5.41) is 3.75. The smallest absolute Gasteiger partial charge is 0.133 e. The summed E-state index contributed by atoms with van der Waals surface area (Å²) in [5.74, 6) is -0.242. The fourth-order valence-corrected chi connectivity index (χ4v) is 2.65. The number of hydrogen-bond acceptors (Lipinski definition) is 3. The number of benzene rings is 1. The molecule has 2 aromatic rings. The molecule has 0 radical (unpaired) electrons. The zero-order valence-corrected chi connectivity index (χ0v) is 11.0. The number of nitrogens with one attached hydrogen (secondary N) is 1. The first-order valence-corrected chi connectivity index (χ1v) is 6.36. The van der Waals surface area contributed by atoms with Crippen molar-refractivity contribution in [1.29, 1.82) is 0 Å². The lowest BCUT2D eigenvalue weighted by atomic mass is 10.2. The third kappa shape index (κ3) is 2.48. The Kier molecular flexibility index (Phi) is 3.68. The number of thiazole rings is 1. The van der Waals surface area contributed by atoms with Crippen LogP contribution in [-0.4, -0.2) is 12.0 Å². The van der Waals surface area contributed by atoms with Crippen LogP contribution in [0.4, 0.5) is 4.39 Å². The van der Waals surface area contributed by atoms with Gasteiger partial charge in [0.05, 0.1) is 0 Å². The van der Waals surface area contributed by atoms with Crippen LogP contribution in [0.3, 0.4) is 0 Å². The zero-order chi connectivity index (χ0) is 11.5. The van der Waals surface area contributed by atoms with Crippen LogP contribution in [-0.2, 0) is 6.54 Å². The van der Waals surface area contributed by atoms with Gasteiger partial charge in [-0.2, -0.15) is 0 Å². The van der Waals surface area contributed by atoms with Gasteiger partial charge in [-0.15, -0.1) is 11.3 Å². The van der Waals surface area contributed by atoms with E-state index in [9.17, 15) is 4.39 Å². The minimum atomic E-state index is -0.242. The van der Waals surface area contributed by atoms with Crippen molar-refractivity contribution in [3.05, 3.63) is 39.6 Å². The number of aromatic nitrogens is 1. The van der Waals surface area contributed by atoms with Gasteiger partial charge in [0.2, 0.25) is 0 Å². The minimum absolute atomic E-state index is 0.242. The molecule has 0 amide bonds. The maximum atomic E-state index is 13.6. The third-order valence-corrected chi connectivity index (χ3v) is 3.59. The number of rotatable bonds is 3. The van der Waals surface area contributed by atoms with Crippen molar-refractivity contribution in [2.75, 3.05) is 7.05 Å². The number of halogens is 2. The van der Waals surface area contributed by atoms with Crippen LogP contribution >= 0.6 is 27.3 Å². The molecule has 0 spiro atoms. The molecule has 84 valence electrons. The highest BCUT2D eigenvalue weighted by atomic mass is 79.9. The summed E-state index contributed by atoms with van der Waals surface area (Å²) in [6.45, 7) is 0.757. The Hall–Kier alpha value is -0.780. The summed E-state index contributed by atoms with van der Waals surface area (Å²) in [5.41, 5.74) is 0.543. The molecule has 0 bridgehead atoms. The summed E-state index contributed by atoms with van der Waals surface area (Å²) in [4.78, 5) is 5.32. The van der Waals surface area contributed by atoms with Gasteiger partial charge >= 0.3 is 0 Å². The fraction of sp³-hybridized carbons (Fsp3) is 0.182. The molecule has 0 unspecified atom stereocenters. The number of hydrogen-bond donors (Lipinski definition) is 1. The molecule has 0 fully saturated rings. The first-order chi connectivity index (χ1) is 7.70. The van der Waals surface area contributed by atoms with Crippen molar-refractivity contribution in [2.45, 2.75) is 6.54 Å². The molecule has 2 nitrogen and oxygen atoms in total. The van der Waals surface area contributed by atoms with Gasteiger partial charge in [-0.05, 0) is 25.2 Å². The van der Waals surface area contributed by atoms with E-state index in [-0.39, 0.29) is 5.82 Å². The maximum absolute atomic E-state index is 13.6. The molecule has 0 saturated heterocycles. The third-order valence-electron chi connectivity index (χ3n) is 2.06. The summed E-state index contributed by atoms with van der Waals surface area (Å²) in [7, 11) is 1.87. The molecule has 2 rings (SSSR count). The molecular weight excluding hydrogens is 291 g/mol. The molecule has 0 saturated carbocycles. The van der Waals surface area contributed by atoms with E-state index in [1.54, 1.807) is 18.3 Å². The second-order valence-corrected chi connectivity index (χ2v) is 5.32. The first kappa shape index (κ1) is 11.7. The Balaban J connectivity index is 2.38. The summed E-state index contributed by atoms with van der Waals surface area (Å²) < 4.78 is 14.4. The SMILES string of the molecule is CNCc1cnc(-c2cc(Br)ccc2F)s1. The quantitative estimate of drug-likeness (QED) is 0.939. The molecule has 0 atom stereocenters. The Morgan fingerprint density at radius 2 is 2.31 bits per heavy atom. The normalized spacial score (nSPS) is 10.7. The van der Waals surface area contributed by atoms with Crippen molar-refractivity contribution in [2.24, 2.45) is 0 Å². The molecule has 0 aliphatic rings. The van der Waals surface area contributed by atoms with Gasteiger partial charge in [0.1, 0.15) is 10.8 Å². The van der Waals surface area contributed by atoms with E-state index in [0.29, 0.717) is 10.6 Å². The van der Waals surface area contributed by atoms with Gasteiger partial charge in [0.25, 0.3) is 0 Å².